The Morgan fingerprint density at radius 3 is 2.42 bits per heavy atom. The summed E-state index contributed by atoms with van der Waals surface area (Å²) in [5.41, 5.74) is 3.68. The molecule has 2 aromatic carbocycles. The molecule has 0 spiro atoms. The fraction of sp³-hybridized carbons (Fsp3) is 0.556. The molecule has 4 aliphatic rings. The molecule has 0 radical (unpaired) electrons. The van der Waals surface area contributed by atoms with Crippen LogP contribution in [0.25, 0.3) is 0 Å². The van der Waals surface area contributed by atoms with Crippen LogP contribution in [0.4, 0.5) is 10.5 Å². The summed E-state index contributed by atoms with van der Waals surface area (Å²) in [4.78, 5) is 60.3. The second-order valence-electron chi connectivity index (χ2n) is 13.4. The largest absolute Gasteiger partial charge is 0.427 e. The number of aryl methyl sites for hydroxylation is 1. The normalized spacial score (nSPS) is 20.5. The van der Waals surface area contributed by atoms with Crippen LogP contribution in [0.2, 0.25) is 0 Å². The zero-order chi connectivity index (χ0) is 33.6. The van der Waals surface area contributed by atoms with Crippen molar-refractivity contribution in [3.8, 4) is 5.75 Å². The van der Waals surface area contributed by atoms with Gasteiger partial charge in [-0.05, 0) is 90.2 Å². The molecule has 0 aliphatic carbocycles. The van der Waals surface area contributed by atoms with Crippen molar-refractivity contribution in [2.24, 2.45) is 5.92 Å². The third-order valence-electron chi connectivity index (χ3n) is 10.4. The summed E-state index contributed by atoms with van der Waals surface area (Å²) >= 11 is 3.52. The second kappa shape index (κ2) is 15.8. The van der Waals surface area contributed by atoms with E-state index >= 15 is 0 Å². The number of nitrogens with one attached hydrogen (secondary N) is 1. The Kier molecular flexibility index (Phi) is 11.3. The first kappa shape index (κ1) is 34.4. The number of anilines is 1. The highest BCUT2D eigenvalue weighted by Crippen LogP contribution is 2.32. The van der Waals surface area contributed by atoms with Crippen LogP contribution in [0.1, 0.15) is 48.8 Å². The predicted molar refractivity (Wildman–Crippen MR) is 185 cm³/mol. The average molecular weight is 725 g/mol. The second-order valence-corrected chi connectivity index (χ2v) is 14.2. The Morgan fingerprint density at radius 2 is 1.71 bits per heavy atom. The van der Waals surface area contributed by atoms with Crippen LogP contribution in [0.15, 0.2) is 40.9 Å². The third-order valence-corrected chi connectivity index (χ3v) is 11.0. The molecule has 1 N–H and O–H groups in total. The number of rotatable bonds is 9. The molecule has 3 saturated heterocycles. The van der Waals surface area contributed by atoms with Gasteiger partial charge in [-0.25, -0.2) is 4.79 Å². The van der Waals surface area contributed by atoms with Gasteiger partial charge in [-0.2, -0.15) is 0 Å². The van der Waals surface area contributed by atoms with Crippen molar-refractivity contribution in [1.29, 1.82) is 0 Å². The van der Waals surface area contributed by atoms with E-state index < -0.39 is 5.92 Å². The van der Waals surface area contributed by atoms with Gasteiger partial charge in [0.05, 0.1) is 10.4 Å². The van der Waals surface area contributed by atoms with E-state index in [1.807, 2.05) is 52.0 Å². The summed E-state index contributed by atoms with van der Waals surface area (Å²) in [6, 6.07) is 12.2. The molecule has 48 heavy (non-hydrogen) atoms. The predicted octanol–water partition coefficient (Wildman–Crippen LogP) is 4.25. The number of fused-ring (bicyclic) bond motifs is 1. The first-order valence-electron chi connectivity index (χ1n) is 17.2. The minimum atomic E-state index is -0.524. The van der Waals surface area contributed by atoms with E-state index in [-0.39, 0.29) is 30.3 Å². The van der Waals surface area contributed by atoms with Crippen molar-refractivity contribution in [3.63, 3.8) is 0 Å². The smallest absolute Gasteiger partial charge is 0.322 e. The molecule has 1 atom stereocenters. The highest BCUT2D eigenvalue weighted by Gasteiger charge is 2.35. The van der Waals surface area contributed by atoms with Crippen LogP contribution >= 0.6 is 15.9 Å². The molecule has 0 saturated carbocycles. The molecule has 0 aromatic heterocycles. The summed E-state index contributed by atoms with van der Waals surface area (Å²) in [7, 11) is 0. The standard InChI is InChI=1S/C36H46BrN5O6/c1-25-20-26(22-31(37)34(25)48-24-43)21-28(35(45)41-16-14-39(15-17-41)29-9-18-47-19-10-29)23-33(44)40-11-7-30(8-12-40)42-13-6-27-4-2-3-5-32(27)38-36(42)46/h2-5,20,22,24,28-30H,6-19,21,23H2,1H3,(H,38,46)/t28-/m0/s1. The summed E-state index contributed by atoms with van der Waals surface area (Å²) in [5, 5.41) is 3.06. The lowest BCUT2D eigenvalue weighted by Gasteiger charge is -2.41. The number of halogens is 1. The lowest BCUT2D eigenvalue weighted by Crippen LogP contribution is -2.54. The summed E-state index contributed by atoms with van der Waals surface area (Å²) in [6.45, 7) is 8.51. The first-order chi connectivity index (χ1) is 23.3. The third kappa shape index (κ3) is 8.03. The topological polar surface area (TPSA) is 112 Å². The van der Waals surface area contributed by atoms with Gasteiger partial charge in [0.25, 0.3) is 6.47 Å². The number of likely N-dealkylation sites (tertiary alicyclic amines) is 1. The van der Waals surface area contributed by atoms with Crippen molar-refractivity contribution < 1.29 is 28.7 Å². The van der Waals surface area contributed by atoms with E-state index in [2.05, 4.69) is 32.2 Å². The lowest BCUT2D eigenvalue weighted by atomic mass is 9.92. The Balaban J connectivity index is 1.10. The first-order valence-corrected chi connectivity index (χ1v) is 18.0. The number of ether oxygens (including phenoxy) is 2. The van der Waals surface area contributed by atoms with Crippen LogP contribution in [0, 0.1) is 12.8 Å². The van der Waals surface area contributed by atoms with Gasteiger partial charge >= 0.3 is 6.03 Å². The highest BCUT2D eigenvalue weighted by molar-refractivity contribution is 9.10. The Labute approximate surface area is 291 Å². The zero-order valence-electron chi connectivity index (χ0n) is 27.7. The van der Waals surface area contributed by atoms with Crippen molar-refractivity contribution in [1.82, 2.24) is 19.6 Å². The Hall–Kier alpha value is -3.48. The lowest BCUT2D eigenvalue weighted by molar-refractivity contribution is -0.143. The number of carbonyl (C=O) groups excluding carboxylic acids is 4. The zero-order valence-corrected chi connectivity index (χ0v) is 29.3. The molecule has 4 amide bonds. The molecule has 4 heterocycles. The number of carbonyl (C=O) groups is 4. The Bertz CT molecular complexity index is 1460. The van der Waals surface area contributed by atoms with E-state index in [0.29, 0.717) is 74.7 Å². The Morgan fingerprint density at radius 1 is 0.979 bits per heavy atom. The van der Waals surface area contributed by atoms with Gasteiger partial charge in [0.1, 0.15) is 5.75 Å². The molecule has 258 valence electrons. The van der Waals surface area contributed by atoms with Crippen molar-refractivity contribution in [3.05, 3.63) is 57.6 Å². The molecular weight excluding hydrogens is 678 g/mol. The maximum absolute atomic E-state index is 14.1. The fourth-order valence-corrected chi connectivity index (χ4v) is 8.47. The number of hydrogen-bond acceptors (Lipinski definition) is 7. The number of piperidine rings is 1. The minimum absolute atomic E-state index is 0.00709. The summed E-state index contributed by atoms with van der Waals surface area (Å²) in [5.74, 6) is -0.101. The summed E-state index contributed by atoms with van der Waals surface area (Å²) < 4.78 is 11.3. The van der Waals surface area contributed by atoms with Gasteiger partial charge in [0.15, 0.2) is 0 Å². The SMILES string of the molecule is Cc1cc(C[C@@H](CC(=O)N2CCC(N3CCc4ccccc4NC3=O)CC2)C(=O)N2CCN(C3CCOCC3)CC2)cc(Br)c1OC=O. The van der Waals surface area contributed by atoms with Gasteiger partial charge < -0.3 is 29.5 Å². The van der Waals surface area contributed by atoms with Gasteiger partial charge in [-0.3, -0.25) is 19.3 Å². The van der Waals surface area contributed by atoms with Crippen molar-refractivity contribution >= 4 is 45.9 Å². The number of piperazine rings is 1. The van der Waals surface area contributed by atoms with Crippen molar-refractivity contribution in [2.75, 3.05) is 64.3 Å². The number of nitrogens with zero attached hydrogens (tertiary/aromatic N) is 4. The van der Waals surface area contributed by atoms with E-state index in [1.165, 1.54) is 0 Å². The molecule has 12 heteroatoms. The van der Waals surface area contributed by atoms with E-state index in [9.17, 15) is 19.2 Å². The van der Waals surface area contributed by atoms with E-state index in [0.717, 1.165) is 67.9 Å². The molecule has 2 aromatic rings. The molecule has 0 bridgehead atoms. The number of urea groups is 1. The van der Waals surface area contributed by atoms with E-state index in [1.54, 1.807) is 0 Å². The van der Waals surface area contributed by atoms with E-state index in [4.69, 9.17) is 9.47 Å². The van der Waals surface area contributed by atoms with Crippen LogP contribution in [-0.2, 0) is 32.0 Å². The van der Waals surface area contributed by atoms with Crippen LogP contribution < -0.4 is 10.1 Å². The molecule has 0 unspecified atom stereocenters. The number of amides is 4. The van der Waals surface area contributed by atoms with Crippen LogP contribution in [-0.4, -0.2) is 115 Å². The fourth-order valence-electron chi connectivity index (χ4n) is 7.77. The average Bonchev–Trinajstić information content (AvgIpc) is 3.27. The van der Waals surface area contributed by atoms with Gasteiger partial charge in [0.2, 0.25) is 11.8 Å². The molecular formula is C36H46BrN5O6. The quantitative estimate of drug-likeness (QED) is 0.386. The van der Waals surface area contributed by atoms with Gasteiger partial charge in [-0.1, -0.05) is 24.3 Å². The van der Waals surface area contributed by atoms with Gasteiger partial charge in [-0.15, -0.1) is 0 Å². The maximum atomic E-state index is 14.1. The highest BCUT2D eigenvalue weighted by atomic mass is 79.9. The molecule has 11 nitrogen and oxygen atoms in total. The van der Waals surface area contributed by atoms with Gasteiger partial charge in [0, 0.05) is 83.2 Å². The van der Waals surface area contributed by atoms with Crippen LogP contribution in [0.5, 0.6) is 5.75 Å². The molecule has 6 rings (SSSR count). The minimum Gasteiger partial charge on any atom is -0.427 e. The molecule has 4 aliphatic heterocycles. The van der Waals surface area contributed by atoms with Crippen molar-refractivity contribution in [2.45, 2.75) is 64.0 Å². The molecule has 3 fully saturated rings. The number of benzene rings is 2. The number of para-hydroxylation sites is 1. The summed E-state index contributed by atoms with van der Waals surface area (Å²) in [6.07, 6.45) is 4.76. The van der Waals surface area contributed by atoms with Crippen LogP contribution in [0.3, 0.4) is 0 Å². The number of hydrogen-bond donors (Lipinski definition) is 1. The maximum Gasteiger partial charge on any atom is 0.322 e. The monoisotopic (exact) mass is 723 g/mol.